The molecule has 140 valence electrons. The molecule has 0 fully saturated rings. The van der Waals surface area contributed by atoms with E-state index in [4.69, 9.17) is 11.6 Å². The van der Waals surface area contributed by atoms with Crippen LogP contribution in [-0.2, 0) is 11.2 Å². The molecule has 27 heavy (non-hydrogen) atoms. The molecule has 2 aromatic heterocycles. The molecule has 1 amide bonds. The number of aromatic nitrogens is 3. The number of H-pyrrole nitrogens is 1. The van der Waals surface area contributed by atoms with Crippen molar-refractivity contribution < 1.29 is 9.59 Å². The van der Waals surface area contributed by atoms with Crippen molar-refractivity contribution >= 4 is 46.4 Å². The fourth-order valence-electron chi connectivity index (χ4n) is 2.27. The molecule has 0 atom stereocenters. The number of nitrogens with one attached hydrogen (secondary N) is 2. The molecule has 0 aliphatic heterocycles. The van der Waals surface area contributed by atoms with Gasteiger partial charge in [-0.15, -0.1) is 16.4 Å². The highest BCUT2D eigenvalue weighted by Gasteiger charge is 2.13. The van der Waals surface area contributed by atoms with Crippen LogP contribution in [0.3, 0.4) is 0 Å². The predicted octanol–water partition coefficient (Wildman–Crippen LogP) is 3.84. The third-order valence-corrected chi connectivity index (χ3v) is 5.88. The largest absolute Gasteiger partial charge is 0.356 e. The predicted molar refractivity (Wildman–Crippen MR) is 109 cm³/mol. The molecule has 2 N–H and O–H groups in total. The SMILES string of the molecule is CC(=O)NCCc1ccc(C(=O)CSc2n[nH]c(-c3ccc(Cl)cc3)n2)s1. The number of aromatic amines is 1. The molecule has 1 aromatic carbocycles. The van der Waals surface area contributed by atoms with Crippen molar-refractivity contribution in [1.29, 1.82) is 0 Å². The summed E-state index contributed by atoms with van der Waals surface area (Å²) in [4.78, 5) is 29.4. The molecule has 0 saturated carbocycles. The average Bonchev–Trinajstić information content (AvgIpc) is 3.30. The maximum absolute atomic E-state index is 12.4. The minimum absolute atomic E-state index is 0.0358. The first-order chi connectivity index (χ1) is 13.0. The highest BCUT2D eigenvalue weighted by molar-refractivity contribution is 7.99. The molecule has 0 radical (unpaired) electrons. The Labute approximate surface area is 169 Å². The lowest BCUT2D eigenvalue weighted by molar-refractivity contribution is -0.118. The first kappa shape index (κ1) is 19.6. The lowest BCUT2D eigenvalue weighted by Crippen LogP contribution is -2.22. The summed E-state index contributed by atoms with van der Waals surface area (Å²) in [6.45, 7) is 2.06. The molecule has 3 aromatic rings. The van der Waals surface area contributed by atoms with Gasteiger partial charge in [-0.3, -0.25) is 14.7 Å². The number of nitrogens with zero attached hydrogens (tertiary/aromatic N) is 2. The van der Waals surface area contributed by atoms with E-state index in [2.05, 4.69) is 20.5 Å². The van der Waals surface area contributed by atoms with Crippen LogP contribution < -0.4 is 5.32 Å². The van der Waals surface area contributed by atoms with Crippen molar-refractivity contribution in [2.24, 2.45) is 0 Å². The number of carbonyl (C=O) groups is 2. The fourth-order valence-corrected chi connectivity index (χ4v) is 4.12. The number of hydrogen-bond acceptors (Lipinski definition) is 6. The normalized spacial score (nSPS) is 10.7. The average molecular weight is 421 g/mol. The van der Waals surface area contributed by atoms with E-state index >= 15 is 0 Å². The second-order valence-electron chi connectivity index (χ2n) is 5.68. The smallest absolute Gasteiger partial charge is 0.216 e. The Bertz CT molecular complexity index is 937. The number of benzene rings is 1. The third kappa shape index (κ3) is 5.66. The molecule has 2 heterocycles. The monoisotopic (exact) mass is 420 g/mol. The summed E-state index contributed by atoms with van der Waals surface area (Å²) in [5.74, 6) is 0.888. The van der Waals surface area contributed by atoms with Crippen LogP contribution >= 0.6 is 34.7 Å². The van der Waals surface area contributed by atoms with Crippen molar-refractivity contribution in [2.75, 3.05) is 12.3 Å². The number of thioether (sulfide) groups is 1. The van der Waals surface area contributed by atoms with Crippen LogP contribution in [0.25, 0.3) is 11.4 Å². The molecule has 0 saturated heterocycles. The van der Waals surface area contributed by atoms with Crippen LogP contribution in [0.1, 0.15) is 21.5 Å². The summed E-state index contributed by atoms with van der Waals surface area (Å²) in [5, 5.41) is 11.0. The van der Waals surface area contributed by atoms with E-state index in [1.54, 1.807) is 12.1 Å². The maximum atomic E-state index is 12.4. The highest BCUT2D eigenvalue weighted by atomic mass is 35.5. The second kappa shape index (κ2) is 9.16. The Morgan fingerprint density at radius 1 is 1.22 bits per heavy atom. The van der Waals surface area contributed by atoms with Crippen molar-refractivity contribution in [3.05, 3.63) is 51.2 Å². The Kier molecular flexibility index (Phi) is 6.65. The van der Waals surface area contributed by atoms with E-state index in [0.717, 1.165) is 16.9 Å². The summed E-state index contributed by atoms with van der Waals surface area (Å²) >= 11 is 8.63. The summed E-state index contributed by atoms with van der Waals surface area (Å²) < 4.78 is 0. The molecule has 6 nitrogen and oxygen atoms in total. The van der Waals surface area contributed by atoms with Crippen LogP contribution in [0, 0.1) is 0 Å². The number of halogens is 1. The molecule has 0 unspecified atom stereocenters. The first-order valence-electron chi connectivity index (χ1n) is 8.19. The van der Waals surface area contributed by atoms with Gasteiger partial charge in [0.1, 0.15) is 0 Å². The van der Waals surface area contributed by atoms with Crippen LogP contribution in [-0.4, -0.2) is 39.2 Å². The number of amides is 1. The van der Waals surface area contributed by atoms with Crippen LogP contribution in [0.5, 0.6) is 0 Å². The Hall–Kier alpha value is -2.16. The summed E-state index contributed by atoms with van der Waals surface area (Å²) in [7, 11) is 0. The Morgan fingerprint density at radius 2 is 2.00 bits per heavy atom. The zero-order valence-corrected chi connectivity index (χ0v) is 16.9. The van der Waals surface area contributed by atoms with Gasteiger partial charge >= 0.3 is 0 Å². The molecule has 0 spiro atoms. The number of thiophene rings is 1. The van der Waals surface area contributed by atoms with Crippen molar-refractivity contribution in [3.63, 3.8) is 0 Å². The first-order valence-corrected chi connectivity index (χ1v) is 10.4. The van der Waals surface area contributed by atoms with E-state index in [9.17, 15) is 9.59 Å². The molecule has 0 aliphatic carbocycles. The van der Waals surface area contributed by atoms with Gasteiger partial charge in [0.2, 0.25) is 11.1 Å². The minimum atomic E-state index is -0.0521. The van der Waals surface area contributed by atoms with Crippen LogP contribution in [0.4, 0.5) is 0 Å². The van der Waals surface area contributed by atoms with Crippen molar-refractivity contribution in [1.82, 2.24) is 20.5 Å². The number of ketones is 1. The van der Waals surface area contributed by atoms with Gasteiger partial charge in [-0.1, -0.05) is 23.4 Å². The van der Waals surface area contributed by atoms with Gasteiger partial charge in [-0.05, 0) is 42.8 Å². The van der Waals surface area contributed by atoms with Gasteiger partial charge in [-0.25, -0.2) is 4.98 Å². The maximum Gasteiger partial charge on any atom is 0.216 e. The van der Waals surface area contributed by atoms with E-state index in [0.29, 0.717) is 27.4 Å². The van der Waals surface area contributed by atoms with E-state index < -0.39 is 0 Å². The zero-order chi connectivity index (χ0) is 19.2. The Balaban J connectivity index is 1.53. The molecule has 0 aliphatic rings. The summed E-state index contributed by atoms with van der Waals surface area (Å²) in [6, 6.07) is 11.0. The van der Waals surface area contributed by atoms with Crippen LogP contribution in [0.15, 0.2) is 41.6 Å². The molecule has 3 rings (SSSR count). The van der Waals surface area contributed by atoms with Gasteiger partial charge < -0.3 is 5.32 Å². The number of rotatable bonds is 8. The summed E-state index contributed by atoms with van der Waals surface area (Å²) in [6.07, 6.45) is 0.718. The topological polar surface area (TPSA) is 87.7 Å². The van der Waals surface area contributed by atoms with Gasteiger partial charge in [-0.2, -0.15) is 0 Å². The fraction of sp³-hybridized carbons (Fsp3) is 0.222. The highest BCUT2D eigenvalue weighted by Crippen LogP contribution is 2.23. The van der Waals surface area contributed by atoms with Gasteiger partial charge in [0.15, 0.2) is 11.6 Å². The number of Topliss-reactive ketones (excluding diaryl/α,β-unsaturated/α-hetero) is 1. The van der Waals surface area contributed by atoms with Gasteiger partial charge in [0.05, 0.1) is 10.6 Å². The minimum Gasteiger partial charge on any atom is -0.356 e. The lowest BCUT2D eigenvalue weighted by atomic mass is 10.2. The van der Waals surface area contributed by atoms with Crippen molar-refractivity contribution in [2.45, 2.75) is 18.5 Å². The van der Waals surface area contributed by atoms with E-state index in [1.807, 2.05) is 24.3 Å². The second-order valence-corrected chi connectivity index (χ2v) is 8.23. The number of hydrogen-bond donors (Lipinski definition) is 2. The molecule has 0 bridgehead atoms. The Morgan fingerprint density at radius 3 is 2.74 bits per heavy atom. The third-order valence-electron chi connectivity index (χ3n) is 3.60. The quantitative estimate of drug-likeness (QED) is 0.427. The van der Waals surface area contributed by atoms with E-state index in [-0.39, 0.29) is 17.4 Å². The van der Waals surface area contributed by atoms with Crippen LogP contribution in [0.2, 0.25) is 5.02 Å². The number of carbonyl (C=O) groups excluding carboxylic acids is 2. The van der Waals surface area contributed by atoms with Gasteiger partial charge in [0.25, 0.3) is 0 Å². The molecular weight excluding hydrogens is 404 g/mol. The van der Waals surface area contributed by atoms with Crippen molar-refractivity contribution in [3.8, 4) is 11.4 Å². The molecular formula is C18H17ClN4O2S2. The lowest BCUT2D eigenvalue weighted by Gasteiger charge is -1.99. The standard InChI is InChI=1S/C18H17ClN4O2S2/c1-11(24)20-9-8-14-6-7-16(27-14)15(25)10-26-18-21-17(22-23-18)12-2-4-13(19)5-3-12/h2-7H,8-10H2,1H3,(H,20,24)(H,21,22,23). The zero-order valence-electron chi connectivity index (χ0n) is 14.5. The molecule has 9 heteroatoms. The van der Waals surface area contributed by atoms with E-state index in [1.165, 1.54) is 30.0 Å². The van der Waals surface area contributed by atoms with Gasteiger partial charge in [0, 0.05) is 28.9 Å². The summed E-state index contributed by atoms with van der Waals surface area (Å²) in [5.41, 5.74) is 0.882.